The number of aliphatic imine (C=N–C) groups is 1. The molecule has 0 radical (unpaired) electrons. The lowest BCUT2D eigenvalue weighted by atomic mass is 9.90. The summed E-state index contributed by atoms with van der Waals surface area (Å²) in [6.45, 7) is 12.2. The quantitative estimate of drug-likeness (QED) is 0.132. The van der Waals surface area contributed by atoms with Gasteiger partial charge in [-0.2, -0.15) is 0 Å². The number of hydrogen-bond donors (Lipinski definition) is 3. The van der Waals surface area contributed by atoms with Crippen LogP contribution in [0.3, 0.4) is 0 Å². The van der Waals surface area contributed by atoms with Gasteiger partial charge in [-0.3, -0.25) is 14.6 Å². The summed E-state index contributed by atoms with van der Waals surface area (Å²) in [6.07, 6.45) is 4.35. The van der Waals surface area contributed by atoms with E-state index in [0.717, 1.165) is 87.1 Å². The molecule has 5 heterocycles. The van der Waals surface area contributed by atoms with Gasteiger partial charge in [-0.1, -0.05) is 62.4 Å². The van der Waals surface area contributed by atoms with Crippen LogP contribution in [0.2, 0.25) is 0 Å². The highest BCUT2D eigenvalue weighted by molar-refractivity contribution is 6.06. The van der Waals surface area contributed by atoms with Gasteiger partial charge in [0.1, 0.15) is 35.9 Å². The summed E-state index contributed by atoms with van der Waals surface area (Å²) >= 11 is 0. The van der Waals surface area contributed by atoms with Gasteiger partial charge in [-0.25, -0.2) is 14.6 Å². The number of nitrogens with one attached hydrogen (secondary N) is 3. The van der Waals surface area contributed by atoms with Crippen LogP contribution in [0.15, 0.2) is 84.0 Å². The molecule has 338 valence electrons. The Morgan fingerprint density at radius 3 is 2.45 bits per heavy atom. The van der Waals surface area contributed by atoms with Crippen molar-refractivity contribution in [2.75, 3.05) is 13.7 Å². The molecule has 65 heavy (non-hydrogen) atoms. The van der Waals surface area contributed by atoms with Crippen molar-refractivity contribution in [1.82, 2.24) is 30.4 Å². The molecule has 9 rings (SSSR count). The molecule has 4 aliphatic heterocycles. The van der Waals surface area contributed by atoms with Crippen molar-refractivity contribution < 1.29 is 33.4 Å². The third kappa shape index (κ3) is 8.53. The number of benzene rings is 4. The van der Waals surface area contributed by atoms with Gasteiger partial charge in [0.2, 0.25) is 11.8 Å². The molecule has 2 saturated heterocycles. The highest BCUT2D eigenvalue weighted by Crippen LogP contribution is 2.45. The Bertz CT molecular complexity index is 2700. The number of ether oxygens (including phenoxy) is 3. The fourth-order valence-corrected chi connectivity index (χ4v) is 9.93. The van der Waals surface area contributed by atoms with E-state index < -0.39 is 29.9 Å². The third-order valence-electron chi connectivity index (χ3n) is 13.1. The lowest BCUT2D eigenvalue weighted by molar-refractivity contribution is -0.137. The van der Waals surface area contributed by atoms with E-state index in [1.54, 1.807) is 20.8 Å². The van der Waals surface area contributed by atoms with Crippen molar-refractivity contribution in [3.05, 3.63) is 102 Å². The van der Waals surface area contributed by atoms with Crippen LogP contribution in [-0.4, -0.2) is 86.9 Å². The number of likely N-dealkylation sites (tertiary alicyclic amines) is 2. The first kappa shape index (κ1) is 43.5. The number of H-pyrrole nitrogens is 1. The zero-order valence-corrected chi connectivity index (χ0v) is 38.1. The second-order valence-electron chi connectivity index (χ2n) is 19.0. The fourth-order valence-electron chi connectivity index (χ4n) is 9.93. The number of imidazole rings is 1. The summed E-state index contributed by atoms with van der Waals surface area (Å²) in [5.41, 5.74) is 7.91. The molecule has 0 saturated carbocycles. The molecule has 5 aromatic rings. The Morgan fingerprint density at radius 2 is 1.69 bits per heavy atom. The SMILES string of the molecule is COC(=O)N[C@H](C(=O)N1[C@@H](C)CC[C@H]1c1ncc(-c2ccc3c(c2)COc2cc4c5c(ccc4cc2-3)N=C([C@@H]2CCCN2C(=O)[C@H](NC(=O)OC(C)(C)C)c2ccccc2)C5)[nH]1)C(C)C. The highest BCUT2D eigenvalue weighted by Gasteiger charge is 2.42. The average molecular weight is 880 g/mol. The number of methoxy groups -OCH3 is 1. The molecular weight excluding hydrogens is 823 g/mol. The summed E-state index contributed by atoms with van der Waals surface area (Å²) < 4.78 is 16.9. The van der Waals surface area contributed by atoms with Crippen LogP contribution in [0.25, 0.3) is 33.2 Å². The van der Waals surface area contributed by atoms with E-state index in [9.17, 15) is 19.2 Å². The summed E-state index contributed by atoms with van der Waals surface area (Å²) in [7, 11) is 1.29. The number of carbonyl (C=O) groups excluding carboxylic acids is 4. The highest BCUT2D eigenvalue weighted by atomic mass is 16.6. The van der Waals surface area contributed by atoms with Gasteiger partial charge < -0.3 is 39.6 Å². The predicted molar refractivity (Wildman–Crippen MR) is 248 cm³/mol. The monoisotopic (exact) mass is 879 g/mol. The Hall–Kier alpha value is -6.70. The van der Waals surface area contributed by atoms with E-state index in [0.29, 0.717) is 31.0 Å². The second-order valence-corrected chi connectivity index (χ2v) is 19.0. The summed E-state index contributed by atoms with van der Waals surface area (Å²) in [4.78, 5) is 70.6. The molecule has 4 aromatic carbocycles. The van der Waals surface area contributed by atoms with Crippen LogP contribution in [0.1, 0.15) is 102 Å². The van der Waals surface area contributed by atoms with Crippen molar-refractivity contribution in [2.24, 2.45) is 10.9 Å². The van der Waals surface area contributed by atoms with Crippen LogP contribution in [-0.2, 0) is 32.1 Å². The number of hydrogen-bond acceptors (Lipinski definition) is 9. The van der Waals surface area contributed by atoms with Gasteiger partial charge in [-0.15, -0.1) is 0 Å². The third-order valence-corrected chi connectivity index (χ3v) is 13.1. The molecule has 0 unspecified atom stereocenters. The van der Waals surface area contributed by atoms with Crippen molar-refractivity contribution in [1.29, 1.82) is 0 Å². The van der Waals surface area contributed by atoms with Gasteiger partial charge in [0.05, 0.1) is 36.8 Å². The van der Waals surface area contributed by atoms with Crippen LogP contribution in [0.5, 0.6) is 5.75 Å². The van der Waals surface area contributed by atoms with E-state index in [2.05, 4.69) is 58.1 Å². The van der Waals surface area contributed by atoms with E-state index in [-0.39, 0.29) is 35.9 Å². The zero-order valence-electron chi connectivity index (χ0n) is 38.1. The molecular formula is C51H57N7O7. The van der Waals surface area contributed by atoms with Gasteiger partial charge >= 0.3 is 12.2 Å². The van der Waals surface area contributed by atoms with Crippen LogP contribution < -0.4 is 15.4 Å². The standard InChI is InChI=1S/C51H57N7O7/c1-28(2)44(55-49(61)63-7)48(60)58-29(3)15-20-42(58)46-52-26-40(54-46)32-16-18-34-33(22-32)27-64-43-25-35-31(23-37(34)43)17-19-38-36(35)24-39(53-38)41-14-11-21-57(41)47(59)45(30-12-9-8-10-13-30)56-50(62)65-51(4,5)6/h8-10,12-13,16-19,22-23,25-26,28-29,41-42,44-45H,11,14-15,20-21,24,27H2,1-7H3,(H,52,54)(H,55,61)(H,56,62)/t29-,41-,42-,44-,45+/m0/s1. The normalized spacial score (nSPS) is 19.8. The molecule has 5 atom stereocenters. The smallest absolute Gasteiger partial charge is 0.408 e. The number of alkyl carbamates (subject to hydrolysis) is 2. The van der Waals surface area contributed by atoms with E-state index in [4.69, 9.17) is 24.2 Å². The van der Waals surface area contributed by atoms with Crippen molar-refractivity contribution in [3.63, 3.8) is 0 Å². The number of fused-ring (bicyclic) bond motifs is 6. The van der Waals surface area contributed by atoms with Gasteiger partial charge in [-0.05, 0) is 122 Å². The fraction of sp³-hybridized carbons (Fsp3) is 0.412. The number of aromatic nitrogens is 2. The predicted octanol–water partition coefficient (Wildman–Crippen LogP) is 9.11. The topological polar surface area (TPSA) is 168 Å². The minimum absolute atomic E-state index is 0.0164. The molecule has 0 bridgehead atoms. The lowest BCUT2D eigenvalue weighted by Crippen LogP contribution is -2.52. The first-order chi connectivity index (χ1) is 31.2. The lowest BCUT2D eigenvalue weighted by Gasteiger charge is -2.32. The molecule has 0 aliphatic carbocycles. The Morgan fingerprint density at radius 1 is 0.892 bits per heavy atom. The van der Waals surface area contributed by atoms with E-state index in [1.807, 2.05) is 67.1 Å². The zero-order chi connectivity index (χ0) is 45.7. The number of amides is 4. The van der Waals surface area contributed by atoms with Crippen molar-refractivity contribution in [2.45, 2.75) is 116 Å². The maximum Gasteiger partial charge on any atom is 0.408 e. The Labute approximate surface area is 379 Å². The maximum atomic E-state index is 14.4. The van der Waals surface area contributed by atoms with Gasteiger partial charge in [0, 0.05) is 30.3 Å². The molecule has 4 amide bonds. The Kier molecular flexibility index (Phi) is 11.6. The average Bonchev–Trinajstić information content (AvgIpc) is 4.12. The summed E-state index contributed by atoms with van der Waals surface area (Å²) in [6, 6.07) is 22.1. The molecule has 14 nitrogen and oxygen atoms in total. The summed E-state index contributed by atoms with van der Waals surface area (Å²) in [5, 5.41) is 7.74. The number of nitrogens with zero attached hydrogens (tertiary/aromatic N) is 4. The molecule has 0 spiro atoms. The van der Waals surface area contributed by atoms with Gasteiger partial charge in [0.25, 0.3) is 0 Å². The number of aromatic amines is 1. The van der Waals surface area contributed by atoms with Crippen LogP contribution in [0.4, 0.5) is 15.3 Å². The van der Waals surface area contributed by atoms with Crippen LogP contribution in [0, 0.1) is 5.92 Å². The van der Waals surface area contributed by atoms with Gasteiger partial charge in [0.15, 0.2) is 0 Å². The first-order valence-corrected chi connectivity index (χ1v) is 22.7. The number of rotatable bonds is 9. The van der Waals surface area contributed by atoms with Crippen LogP contribution >= 0.6 is 0 Å². The Balaban J connectivity index is 0.926. The maximum absolute atomic E-state index is 14.4. The first-order valence-electron chi connectivity index (χ1n) is 22.7. The molecule has 14 heteroatoms. The largest absolute Gasteiger partial charge is 0.488 e. The second kappa shape index (κ2) is 17.4. The summed E-state index contributed by atoms with van der Waals surface area (Å²) in [5.74, 6) is 1.06. The molecule has 3 N–H and O–H groups in total. The minimum atomic E-state index is -0.901. The molecule has 1 aromatic heterocycles. The molecule has 4 aliphatic rings. The minimum Gasteiger partial charge on any atom is -0.488 e. The van der Waals surface area contributed by atoms with E-state index in [1.165, 1.54) is 7.11 Å². The van der Waals surface area contributed by atoms with Crippen molar-refractivity contribution in [3.8, 4) is 28.1 Å². The molecule has 2 fully saturated rings. The van der Waals surface area contributed by atoms with E-state index >= 15 is 0 Å². The number of carbonyl (C=O) groups is 4. The van der Waals surface area contributed by atoms with Crippen molar-refractivity contribution >= 4 is 46.2 Å².